The molecule has 0 atom stereocenters. The summed E-state index contributed by atoms with van der Waals surface area (Å²) in [6, 6.07) is 2.30. The zero-order valence-electron chi connectivity index (χ0n) is 11.2. The third kappa shape index (κ3) is 2.63. The van der Waals surface area contributed by atoms with Crippen molar-refractivity contribution in [2.75, 3.05) is 20.1 Å². The first-order valence-electron chi connectivity index (χ1n) is 6.35. The van der Waals surface area contributed by atoms with Crippen LogP contribution in [-0.4, -0.2) is 45.6 Å². The van der Waals surface area contributed by atoms with Crippen molar-refractivity contribution in [1.82, 2.24) is 24.8 Å². The number of rotatable bonds is 2. The van der Waals surface area contributed by atoms with Gasteiger partial charge in [-0.1, -0.05) is 0 Å². The van der Waals surface area contributed by atoms with E-state index in [1.54, 1.807) is 0 Å². The van der Waals surface area contributed by atoms with Crippen molar-refractivity contribution >= 4 is 11.6 Å². The minimum atomic E-state index is -4.39. The third-order valence-electron chi connectivity index (χ3n) is 3.26. The van der Waals surface area contributed by atoms with Crippen molar-refractivity contribution in [1.29, 1.82) is 0 Å². The summed E-state index contributed by atoms with van der Waals surface area (Å²) in [6.07, 6.45) is -3.38. The van der Waals surface area contributed by atoms with Crippen LogP contribution in [0.3, 0.4) is 0 Å². The van der Waals surface area contributed by atoms with Crippen LogP contribution in [0.2, 0.25) is 0 Å². The molecule has 0 amide bonds. The highest BCUT2D eigenvalue weighted by molar-refractivity contribution is 5.81. The minimum absolute atomic E-state index is 0.256. The van der Waals surface area contributed by atoms with Crippen LogP contribution >= 0.6 is 0 Å². The van der Waals surface area contributed by atoms with E-state index in [4.69, 9.17) is 0 Å². The van der Waals surface area contributed by atoms with Crippen molar-refractivity contribution in [3.05, 3.63) is 29.7 Å². The van der Waals surface area contributed by atoms with Crippen LogP contribution in [0.5, 0.6) is 0 Å². The molecule has 112 valence electrons. The molecule has 2 aromatic rings. The maximum atomic E-state index is 12.7. The highest BCUT2D eigenvalue weighted by Crippen LogP contribution is 2.29. The molecule has 2 aromatic heterocycles. The van der Waals surface area contributed by atoms with Crippen LogP contribution < -0.4 is 5.32 Å². The van der Waals surface area contributed by atoms with Crippen LogP contribution in [0.15, 0.2) is 23.3 Å². The molecule has 3 heterocycles. The van der Waals surface area contributed by atoms with Crippen LogP contribution in [0.4, 0.5) is 13.2 Å². The van der Waals surface area contributed by atoms with Crippen LogP contribution in [0.25, 0.3) is 5.65 Å². The number of likely N-dealkylation sites (N-methyl/N-ethyl adjacent to an activating group) is 1. The van der Waals surface area contributed by atoms with E-state index in [9.17, 15) is 13.2 Å². The van der Waals surface area contributed by atoms with Gasteiger partial charge in [-0.05, 0) is 12.1 Å². The van der Waals surface area contributed by atoms with Crippen molar-refractivity contribution in [3.63, 3.8) is 0 Å². The molecule has 0 saturated heterocycles. The standard InChI is InChI=1S/C12H13F3N6/c1-20-5-4-16-11(20)17-6-10-19-18-9-3-2-8(7-21(9)10)12(13,14)15/h2-3,7H,4-6H2,1H3,(H,16,17). The molecule has 0 fully saturated rings. The lowest BCUT2D eigenvalue weighted by Gasteiger charge is -2.14. The first kappa shape index (κ1) is 13.7. The maximum absolute atomic E-state index is 12.7. The summed E-state index contributed by atoms with van der Waals surface area (Å²) in [6.45, 7) is 1.78. The van der Waals surface area contributed by atoms with E-state index < -0.39 is 11.7 Å². The van der Waals surface area contributed by atoms with E-state index >= 15 is 0 Å². The number of aromatic nitrogens is 3. The van der Waals surface area contributed by atoms with Gasteiger partial charge in [0.05, 0.1) is 18.7 Å². The fourth-order valence-corrected chi connectivity index (χ4v) is 2.11. The second-order valence-electron chi connectivity index (χ2n) is 4.74. The second-order valence-corrected chi connectivity index (χ2v) is 4.74. The van der Waals surface area contributed by atoms with Gasteiger partial charge in [0, 0.05) is 19.8 Å². The molecule has 0 saturated carbocycles. The summed E-state index contributed by atoms with van der Waals surface area (Å²) in [5.74, 6) is 1.11. The normalized spacial score (nSPS) is 15.6. The first-order chi connectivity index (χ1) is 9.95. The second kappa shape index (κ2) is 4.90. The molecule has 1 aliphatic heterocycles. The van der Waals surface area contributed by atoms with Crippen LogP contribution in [0, 0.1) is 0 Å². The number of halogens is 3. The number of aliphatic imine (C=N–C) groups is 1. The monoisotopic (exact) mass is 298 g/mol. The van der Waals surface area contributed by atoms with Gasteiger partial charge < -0.3 is 10.2 Å². The quantitative estimate of drug-likeness (QED) is 0.903. The number of pyridine rings is 1. The van der Waals surface area contributed by atoms with Crippen molar-refractivity contribution in [2.45, 2.75) is 12.7 Å². The number of hydrogen-bond acceptors (Lipinski definition) is 5. The molecule has 0 radical (unpaired) electrons. The lowest BCUT2D eigenvalue weighted by atomic mass is 10.3. The topological polar surface area (TPSA) is 57.8 Å². The van der Waals surface area contributed by atoms with Crippen LogP contribution in [0.1, 0.15) is 11.4 Å². The molecule has 21 heavy (non-hydrogen) atoms. The summed E-state index contributed by atoms with van der Waals surface area (Å²) >= 11 is 0. The highest BCUT2D eigenvalue weighted by Gasteiger charge is 2.31. The minimum Gasteiger partial charge on any atom is -0.349 e. The first-order valence-corrected chi connectivity index (χ1v) is 6.35. The summed E-state index contributed by atoms with van der Waals surface area (Å²) in [7, 11) is 1.89. The zero-order chi connectivity index (χ0) is 15.0. The molecular formula is C12H13F3N6. The molecule has 0 bridgehead atoms. The molecule has 0 spiro atoms. The Morgan fingerprint density at radius 1 is 1.29 bits per heavy atom. The van der Waals surface area contributed by atoms with E-state index in [0.29, 0.717) is 24.0 Å². The molecule has 0 aliphatic carbocycles. The third-order valence-corrected chi connectivity index (χ3v) is 3.26. The van der Waals surface area contributed by atoms with Gasteiger partial charge in [-0.15, -0.1) is 10.2 Å². The lowest BCUT2D eigenvalue weighted by Crippen LogP contribution is -2.35. The zero-order valence-corrected chi connectivity index (χ0v) is 11.2. The number of guanidine groups is 1. The Morgan fingerprint density at radius 3 is 2.76 bits per heavy atom. The number of fused-ring (bicyclic) bond motifs is 1. The summed E-state index contributed by atoms with van der Waals surface area (Å²) < 4.78 is 39.6. The average Bonchev–Trinajstić information content (AvgIpc) is 3.01. The van der Waals surface area contributed by atoms with Gasteiger partial charge in [-0.2, -0.15) is 13.2 Å². The predicted octanol–water partition coefficient (Wildman–Crippen LogP) is 1.14. The Bertz CT molecular complexity index is 690. The number of alkyl halides is 3. The van der Waals surface area contributed by atoms with E-state index in [2.05, 4.69) is 20.5 Å². The Morgan fingerprint density at radius 2 is 2.10 bits per heavy atom. The van der Waals surface area contributed by atoms with Gasteiger partial charge in [0.15, 0.2) is 17.4 Å². The van der Waals surface area contributed by atoms with Crippen LogP contribution in [-0.2, 0) is 12.7 Å². The van der Waals surface area contributed by atoms with E-state index in [1.165, 1.54) is 10.5 Å². The number of hydrogen-bond donors (Lipinski definition) is 1. The largest absolute Gasteiger partial charge is 0.417 e. The Kier molecular flexibility index (Phi) is 3.19. The van der Waals surface area contributed by atoms with Crippen molar-refractivity contribution < 1.29 is 13.2 Å². The summed E-state index contributed by atoms with van der Waals surface area (Å²) in [5, 5.41) is 10.8. The van der Waals surface area contributed by atoms with Gasteiger partial charge >= 0.3 is 6.18 Å². The maximum Gasteiger partial charge on any atom is 0.417 e. The molecule has 0 unspecified atom stereocenters. The average molecular weight is 298 g/mol. The Labute approximate surface area is 118 Å². The van der Waals surface area contributed by atoms with Gasteiger partial charge in [0.1, 0.15) is 0 Å². The molecule has 1 aliphatic rings. The smallest absolute Gasteiger partial charge is 0.349 e. The van der Waals surface area contributed by atoms with Crippen molar-refractivity contribution in [3.8, 4) is 0 Å². The van der Waals surface area contributed by atoms with Gasteiger partial charge in [-0.3, -0.25) is 9.39 Å². The lowest BCUT2D eigenvalue weighted by molar-refractivity contribution is -0.137. The van der Waals surface area contributed by atoms with E-state index in [-0.39, 0.29) is 6.54 Å². The Hall–Kier alpha value is -2.32. The Balaban J connectivity index is 1.85. The molecule has 6 nitrogen and oxygen atoms in total. The molecule has 1 N–H and O–H groups in total. The molecule has 3 rings (SSSR count). The predicted molar refractivity (Wildman–Crippen MR) is 69.8 cm³/mol. The van der Waals surface area contributed by atoms with Gasteiger partial charge in [0.2, 0.25) is 0 Å². The van der Waals surface area contributed by atoms with Crippen molar-refractivity contribution in [2.24, 2.45) is 4.99 Å². The SMILES string of the molecule is CN1CCN=C1NCc1nnc2ccc(C(F)(F)F)cn12. The fourth-order valence-electron chi connectivity index (χ4n) is 2.11. The molecule has 9 heteroatoms. The van der Waals surface area contributed by atoms with E-state index in [0.717, 1.165) is 18.8 Å². The fraction of sp³-hybridized carbons (Fsp3) is 0.417. The van der Waals surface area contributed by atoms with Gasteiger partial charge in [0.25, 0.3) is 0 Å². The molecular weight excluding hydrogens is 285 g/mol. The van der Waals surface area contributed by atoms with Gasteiger partial charge in [-0.25, -0.2) is 0 Å². The number of nitrogens with zero attached hydrogens (tertiary/aromatic N) is 5. The van der Waals surface area contributed by atoms with E-state index in [1.807, 2.05) is 11.9 Å². The highest BCUT2D eigenvalue weighted by atomic mass is 19.4. The number of nitrogens with one attached hydrogen (secondary N) is 1. The summed E-state index contributed by atoms with van der Waals surface area (Å²) in [5.41, 5.74) is -0.354. The molecule has 0 aromatic carbocycles. The summed E-state index contributed by atoms with van der Waals surface area (Å²) in [4.78, 5) is 6.18.